The van der Waals surface area contributed by atoms with Gasteiger partial charge in [0, 0.05) is 16.6 Å². The average Bonchev–Trinajstić information content (AvgIpc) is 2.22. The monoisotopic (exact) mass is 298 g/mol. The summed E-state index contributed by atoms with van der Waals surface area (Å²) in [6, 6.07) is 8.42. The predicted octanol–water partition coefficient (Wildman–Crippen LogP) is 3.32. The minimum absolute atomic E-state index is 0.226. The van der Waals surface area contributed by atoms with Crippen LogP contribution >= 0.6 is 15.9 Å². The maximum absolute atomic E-state index is 3.48. The Morgan fingerprint density at radius 1 is 1.18 bits per heavy atom. The van der Waals surface area contributed by atoms with Gasteiger partial charge in [0.2, 0.25) is 0 Å². The number of benzene rings is 1. The van der Waals surface area contributed by atoms with Gasteiger partial charge in [0.25, 0.3) is 0 Å². The van der Waals surface area contributed by atoms with E-state index in [2.05, 4.69) is 71.6 Å². The van der Waals surface area contributed by atoms with Crippen molar-refractivity contribution in [3.05, 3.63) is 34.3 Å². The van der Waals surface area contributed by atoms with Crippen molar-refractivity contribution in [2.75, 3.05) is 13.1 Å². The van der Waals surface area contributed by atoms with Gasteiger partial charge < -0.3 is 10.6 Å². The summed E-state index contributed by atoms with van der Waals surface area (Å²) in [6.07, 6.45) is 1.16. The molecule has 0 aromatic heterocycles. The molecule has 1 aromatic rings. The van der Waals surface area contributed by atoms with Crippen molar-refractivity contribution in [2.24, 2.45) is 0 Å². The summed E-state index contributed by atoms with van der Waals surface area (Å²) in [4.78, 5) is 0. The van der Waals surface area contributed by atoms with Crippen LogP contribution < -0.4 is 10.6 Å². The molecule has 3 heteroatoms. The SMILES string of the molecule is CC(C)(C)NCCCNCc1cccc(Br)c1. The highest BCUT2D eigenvalue weighted by atomic mass is 79.9. The standard InChI is InChI=1S/C14H23BrN2/c1-14(2,3)17-9-5-8-16-11-12-6-4-7-13(15)10-12/h4,6-7,10,16-17H,5,8-9,11H2,1-3H3. The van der Waals surface area contributed by atoms with Crippen LogP contribution in [0.1, 0.15) is 32.8 Å². The average molecular weight is 299 g/mol. The van der Waals surface area contributed by atoms with Crippen LogP contribution in [0, 0.1) is 0 Å². The summed E-state index contributed by atoms with van der Waals surface area (Å²) in [5, 5.41) is 6.94. The van der Waals surface area contributed by atoms with E-state index in [1.54, 1.807) is 0 Å². The van der Waals surface area contributed by atoms with Crippen molar-refractivity contribution in [1.29, 1.82) is 0 Å². The van der Waals surface area contributed by atoms with Crippen molar-refractivity contribution in [2.45, 2.75) is 39.3 Å². The van der Waals surface area contributed by atoms with Gasteiger partial charge in [-0.2, -0.15) is 0 Å². The summed E-state index contributed by atoms with van der Waals surface area (Å²) < 4.78 is 1.14. The zero-order chi connectivity index (χ0) is 12.7. The third-order valence-electron chi connectivity index (χ3n) is 2.40. The Morgan fingerprint density at radius 3 is 2.59 bits per heavy atom. The van der Waals surface area contributed by atoms with Crippen molar-refractivity contribution in [3.63, 3.8) is 0 Å². The second-order valence-electron chi connectivity index (χ2n) is 5.34. The summed E-state index contributed by atoms with van der Waals surface area (Å²) in [5.41, 5.74) is 1.55. The second-order valence-corrected chi connectivity index (χ2v) is 6.25. The van der Waals surface area contributed by atoms with Gasteiger partial charge in [0.15, 0.2) is 0 Å². The largest absolute Gasteiger partial charge is 0.313 e. The third kappa shape index (κ3) is 7.53. The minimum Gasteiger partial charge on any atom is -0.313 e. The third-order valence-corrected chi connectivity index (χ3v) is 2.90. The number of hydrogen-bond donors (Lipinski definition) is 2. The molecular weight excluding hydrogens is 276 g/mol. The smallest absolute Gasteiger partial charge is 0.0205 e. The van der Waals surface area contributed by atoms with Crippen LogP contribution in [0.4, 0.5) is 0 Å². The number of nitrogens with one attached hydrogen (secondary N) is 2. The first-order valence-electron chi connectivity index (χ1n) is 6.17. The summed E-state index contributed by atoms with van der Waals surface area (Å²) >= 11 is 3.48. The summed E-state index contributed by atoms with van der Waals surface area (Å²) in [6.45, 7) is 9.64. The number of rotatable bonds is 6. The molecule has 96 valence electrons. The second kappa shape index (κ2) is 7.14. The molecular formula is C14H23BrN2. The van der Waals surface area contributed by atoms with E-state index in [1.807, 2.05) is 0 Å². The Kier molecular flexibility index (Phi) is 6.17. The van der Waals surface area contributed by atoms with Gasteiger partial charge >= 0.3 is 0 Å². The molecule has 0 heterocycles. The molecule has 0 spiro atoms. The highest BCUT2D eigenvalue weighted by Crippen LogP contribution is 2.11. The van der Waals surface area contributed by atoms with Gasteiger partial charge in [-0.25, -0.2) is 0 Å². The van der Waals surface area contributed by atoms with E-state index < -0.39 is 0 Å². The van der Waals surface area contributed by atoms with Gasteiger partial charge in [-0.15, -0.1) is 0 Å². The minimum atomic E-state index is 0.226. The van der Waals surface area contributed by atoms with Gasteiger partial charge in [0.05, 0.1) is 0 Å². The van der Waals surface area contributed by atoms with E-state index >= 15 is 0 Å². The van der Waals surface area contributed by atoms with Crippen LogP contribution in [-0.4, -0.2) is 18.6 Å². The van der Waals surface area contributed by atoms with E-state index in [0.29, 0.717) is 0 Å². The molecule has 0 saturated carbocycles. The lowest BCUT2D eigenvalue weighted by Gasteiger charge is -2.20. The zero-order valence-electron chi connectivity index (χ0n) is 11.0. The van der Waals surface area contributed by atoms with E-state index in [0.717, 1.165) is 30.5 Å². The normalized spacial score (nSPS) is 11.8. The summed E-state index contributed by atoms with van der Waals surface area (Å²) in [7, 11) is 0. The van der Waals surface area contributed by atoms with Crippen LogP contribution in [0.15, 0.2) is 28.7 Å². The van der Waals surface area contributed by atoms with E-state index in [9.17, 15) is 0 Å². The lowest BCUT2D eigenvalue weighted by molar-refractivity contribution is 0.418. The topological polar surface area (TPSA) is 24.1 Å². The van der Waals surface area contributed by atoms with Crippen LogP contribution in [0.3, 0.4) is 0 Å². The lowest BCUT2D eigenvalue weighted by Crippen LogP contribution is -2.37. The van der Waals surface area contributed by atoms with Crippen LogP contribution in [0.5, 0.6) is 0 Å². The molecule has 0 saturated heterocycles. The molecule has 0 bridgehead atoms. The molecule has 0 unspecified atom stereocenters. The van der Waals surface area contributed by atoms with Crippen molar-refractivity contribution < 1.29 is 0 Å². The Morgan fingerprint density at radius 2 is 1.94 bits per heavy atom. The maximum atomic E-state index is 3.48. The van der Waals surface area contributed by atoms with E-state index in [4.69, 9.17) is 0 Å². The van der Waals surface area contributed by atoms with E-state index in [-0.39, 0.29) is 5.54 Å². The van der Waals surface area contributed by atoms with Crippen LogP contribution in [-0.2, 0) is 6.54 Å². The van der Waals surface area contributed by atoms with Gasteiger partial charge in [-0.3, -0.25) is 0 Å². The quantitative estimate of drug-likeness (QED) is 0.787. The molecule has 0 fully saturated rings. The molecule has 0 aliphatic carbocycles. The Labute approximate surface area is 113 Å². The van der Waals surface area contributed by atoms with E-state index in [1.165, 1.54) is 5.56 Å². The van der Waals surface area contributed by atoms with Crippen molar-refractivity contribution >= 4 is 15.9 Å². The molecule has 0 aliphatic rings. The first kappa shape index (κ1) is 14.7. The van der Waals surface area contributed by atoms with Crippen LogP contribution in [0.2, 0.25) is 0 Å². The fourth-order valence-corrected chi connectivity index (χ4v) is 2.00. The molecule has 0 atom stereocenters. The van der Waals surface area contributed by atoms with Crippen molar-refractivity contribution in [3.8, 4) is 0 Å². The zero-order valence-corrected chi connectivity index (χ0v) is 12.6. The molecule has 0 radical (unpaired) electrons. The molecule has 0 amide bonds. The van der Waals surface area contributed by atoms with Crippen molar-refractivity contribution in [1.82, 2.24) is 10.6 Å². The molecule has 2 nitrogen and oxygen atoms in total. The number of halogens is 1. The molecule has 2 N–H and O–H groups in total. The molecule has 1 aromatic carbocycles. The Bertz CT molecular complexity index is 331. The highest BCUT2D eigenvalue weighted by molar-refractivity contribution is 9.10. The van der Waals surface area contributed by atoms with Crippen LogP contribution in [0.25, 0.3) is 0 Å². The molecule has 17 heavy (non-hydrogen) atoms. The van der Waals surface area contributed by atoms with Gasteiger partial charge in [0.1, 0.15) is 0 Å². The Hall–Kier alpha value is -0.380. The summed E-state index contributed by atoms with van der Waals surface area (Å²) in [5.74, 6) is 0. The fraction of sp³-hybridized carbons (Fsp3) is 0.571. The first-order chi connectivity index (χ1) is 7.97. The fourth-order valence-electron chi connectivity index (χ4n) is 1.56. The Balaban J connectivity index is 2.09. The lowest BCUT2D eigenvalue weighted by atomic mass is 10.1. The number of hydrogen-bond acceptors (Lipinski definition) is 2. The maximum Gasteiger partial charge on any atom is 0.0205 e. The highest BCUT2D eigenvalue weighted by Gasteiger charge is 2.06. The molecule has 0 aliphatic heterocycles. The van der Waals surface area contributed by atoms with Gasteiger partial charge in [-0.1, -0.05) is 28.1 Å². The molecule has 1 rings (SSSR count). The first-order valence-corrected chi connectivity index (χ1v) is 6.97. The van der Waals surface area contributed by atoms with Gasteiger partial charge in [-0.05, 0) is 58.0 Å². The predicted molar refractivity (Wildman–Crippen MR) is 78.2 cm³/mol.